The molecule has 3 rings (SSSR count). The SMILES string of the molecule is CCCNC(=O)[C@@H](Cc1c[nH]c2ccccc12)NC(=O)c1ccccc1Cl. The Hall–Kier alpha value is -2.79. The summed E-state index contributed by atoms with van der Waals surface area (Å²) >= 11 is 6.12. The number of aromatic amines is 1. The molecule has 0 aliphatic rings. The first-order valence-corrected chi connectivity index (χ1v) is 9.36. The minimum atomic E-state index is -0.695. The van der Waals surface area contributed by atoms with Crippen LogP contribution in [-0.2, 0) is 11.2 Å². The number of H-pyrrole nitrogens is 1. The van der Waals surface area contributed by atoms with Gasteiger partial charge in [0.1, 0.15) is 6.04 Å². The third kappa shape index (κ3) is 4.49. The van der Waals surface area contributed by atoms with Crippen LogP contribution < -0.4 is 10.6 Å². The first-order valence-electron chi connectivity index (χ1n) is 8.98. The second-order valence-electron chi connectivity index (χ2n) is 6.36. The van der Waals surface area contributed by atoms with Crippen molar-refractivity contribution in [1.29, 1.82) is 0 Å². The Morgan fingerprint density at radius 2 is 1.85 bits per heavy atom. The molecule has 140 valence electrons. The fourth-order valence-electron chi connectivity index (χ4n) is 2.98. The number of para-hydroxylation sites is 1. The highest BCUT2D eigenvalue weighted by Gasteiger charge is 2.23. The van der Waals surface area contributed by atoms with Gasteiger partial charge in [-0.2, -0.15) is 0 Å². The van der Waals surface area contributed by atoms with Crippen LogP contribution in [0.15, 0.2) is 54.7 Å². The Labute approximate surface area is 163 Å². The molecule has 6 heteroatoms. The molecule has 0 aliphatic heterocycles. The number of aromatic nitrogens is 1. The summed E-state index contributed by atoms with van der Waals surface area (Å²) in [5, 5.41) is 7.10. The normalized spacial score (nSPS) is 11.9. The lowest BCUT2D eigenvalue weighted by Gasteiger charge is -2.18. The van der Waals surface area contributed by atoms with Crippen LogP contribution in [0.3, 0.4) is 0 Å². The third-order valence-corrected chi connectivity index (χ3v) is 4.72. The highest BCUT2D eigenvalue weighted by atomic mass is 35.5. The van der Waals surface area contributed by atoms with Crippen LogP contribution in [0, 0.1) is 0 Å². The monoisotopic (exact) mass is 383 g/mol. The minimum absolute atomic E-state index is 0.206. The molecule has 0 unspecified atom stereocenters. The fourth-order valence-corrected chi connectivity index (χ4v) is 3.20. The maximum absolute atomic E-state index is 12.7. The van der Waals surface area contributed by atoms with Gasteiger partial charge in [0.25, 0.3) is 5.91 Å². The van der Waals surface area contributed by atoms with Gasteiger partial charge in [0.2, 0.25) is 5.91 Å². The van der Waals surface area contributed by atoms with E-state index in [-0.39, 0.29) is 11.8 Å². The average Bonchev–Trinajstić information content (AvgIpc) is 3.09. The molecule has 5 nitrogen and oxygen atoms in total. The Bertz CT molecular complexity index is 951. The molecule has 2 aromatic carbocycles. The van der Waals surface area contributed by atoms with Gasteiger partial charge in [-0.05, 0) is 30.2 Å². The summed E-state index contributed by atoms with van der Waals surface area (Å²) in [5.41, 5.74) is 2.32. The van der Waals surface area contributed by atoms with Crippen molar-refractivity contribution in [2.75, 3.05) is 6.54 Å². The van der Waals surface area contributed by atoms with Crippen molar-refractivity contribution in [1.82, 2.24) is 15.6 Å². The molecule has 3 N–H and O–H groups in total. The predicted octanol–water partition coefficient (Wildman–Crippen LogP) is 3.69. The maximum atomic E-state index is 12.7. The quantitative estimate of drug-likeness (QED) is 0.582. The zero-order valence-electron chi connectivity index (χ0n) is 15.1. The van der Waals surface area contributed by atoms with Gasteiger partial charge in [0.15, 0.2) is 0 Å². The number of hydrogen-bond acceptors (Lipinski definition) is 2. The summed E-state index contributed by atoms with van der Waals surface area (Å²) < 4.78 is 0. The van der Waals surface area contributed by atoms with E-state index in [0.29, 0.717) is 23.6 Å². The molecule has 0 aliphatic carbocycles. The second-order valence-corrected chi connectivity index (χ2v) is 6.77. The van der Waals surface area contributed by atoms with Crippen molar-refractivity contribution in [3.63, 3.8) is 0 Å². The van der Waals surface area contributed by atoms with Crippen LogP contribution in [0.2, 0.25) is 5.02 Å². The molecule has 0 radical (unpaired) electrons. The van der Waals surface area contributed by atoms with Gasteiger partial charge in [-0.15, -0.1) is 0 Å². The zero-order valence-corrected chi connectivity index (χ0v) is 15.8. The van der Waals surface area contributed by atoms with E-state index in [1.165, 1.54) is 0 Å². The van der Waals surface area contributed by atoms with Crippen LogP contribution in [0.5, 0.6) is 0 Å². The number of halogens is 1. The van der Waals surface area contributed by atoms with Crippen LogP contribution in [-0.4, -0.2) is 29.4 Å². The molecule has 1 heterocycles. The van der Waals surface area contributed by atoms with Crippen LogP contribution in [0.4, 0.5) is 0 Å². The van der Waals surface area contributed by atoms with Crippen LogP contribution in [0.25, 0.3) is 10.9 Å². The van der Waals surface area contributed by atoms with E-state index in [2.05, 4.69) is 15.6 Å². The molecular weight excluding hydrogens is 362 g/mol. The van der Waals surface area contributed by atoms with E-state index in [1.54, 1.807) is 24.3 Å². The smallest absolute Gasteiger partial charge is 0.253 e. The number of fused-ring (bicyclic) bond motifs is 1. The van der Waals surface area contributed by atoms with Gasteiger partial charge in [-0.1, -0.05) is 48.9 Å². The van der Waals surface area contributed by atoms with Crippen molar-refractivity contribution >= 4 is 34.3 Å². The number of nitrogens with one attached hydrogen (secondary N) is 3. The van der Waals surface area contributed by atoms with E-state index in [9.17, 15) is 9.59 Å². The number of carbonyl (C=O) groups excluding carboxylic acids is 2. The Balaban J connectivity index is 1.83. The lowest BCUT2D eigenvalue weighted by molar-refractivity contribution is -0.122. The van der Waals surface area contributed by atoms with Gasteiger partial charge in [-0.25, -0.2) is 0 Å². The summed E-state index contributed by atoms with van der Waals surface area (Å²) in [5.74, 6) is -0.570. The molecule has 1 atom stereocenters. The Morgan fingerprint density at radius 3 is 2.63 bits per heavy atom. The fraction of sp³-hybridized carbons (Fsp3) is 0.238. The minimum Gasteiger partial charge on any atom is -0.361 e. The van der Waals surface area contributed by atoms with Crippen molar-refractivity contribution in [2.45, 2.75) is 25.8 Å². The summed E-state index contributed by atoms with van der Waals surface area (Å²) in [7, 11) is 0. The summed E-state index contributed by atoms with van der Waals surface area (Å²) in [6, 6.07) is 14.0. The van der Waals surface area contributed by atoms with Crippen molar-refractivity contribution in [3.05, 3.63) is 70.9 Å². The zero-order chi connectivity index (χ0) is 19.2. The Morgan fingerprint density at radius 1 is 1.11 bits per heavy atom. The Kier molecular flexibility index (Phi) is 6.14. The topological polar surface area (TPSA) is 74.0 Å². The van der Waals surface area contributed by atoms with Crippen molar-refractivity contribution in [2.24, 2.45) is 0 Å². The van der Waals surface area contributed by atoms with E-state index in [4.69, 9.17) is 11.6 Å². The molecule has 1 aromatic heterocycles. The second kappa shape index (κ2) is 8.73. The number of benzene rings is 2. The molecule has 0 spiro atoms. The lowest BCUT2D eigenvalue weighted by atomic mass is 10.0. The maximum Gasteiger partial charge on any atom is 0.253 e. The molecule has 0 saturated heterocycles. The molecule has 0 saturated carbocycles. The van der Waals surface area contributed by atoms with Gasteiger partial charge in [0.05, 0.1) is 10.6 Å². The third-order valence-electron chi connectivity index (χ3n) is 4.39. The van der Waals surface area contributed by atoms with E-state index < -0.39 is 6.04 Å². The molecule has 0 fully saturated rings. The number of carbonyl (C=O) groups is 2. The molecular formula is C21H22ClN3O2. The molecule has 3 aromatic rings. The summed E-state index contributed by atoms with van der Waals surface area (Å²) in [6.45, 7) is 2.54. The molecule has 27 heavy (non-hydrogen) atoms. The first kappa shape index (κ1) is 19.0. The molecule has 2 amide bonds. The van der Waals surface area contributed by atoms with E-state index in [1.807, 2.05) is 37.4 Å². The van der Waals surface area contributed by atoms with Crippen LogP contribution >= 0.6 is 11.6 Å². The highest BCUT2D eigenvalue weighted by molar-refractivity contribution is 6.33. The number of hydrogen-bond donors (Lipinski definition) is 3. The van der Waals surface area contributed by atoms with Gasteiger partial charge < -0.3 is 15.6 Å². The first-order chi connectivity index (χ1) is 13.1. The molecule has 0 bridgehead atoms. The number of amides is 2. The van der Waals surface area contributed by atoms with Gasteiger partial charge in [0, 0.05) is 30.1 Å². The largest absolute Gasteiger partial charge is 0.361 e. The van der Waals surface area contributed by atoms with Gasteiger partial charge in [-0.3, -0.25) is 9.59 Å². The van der Waals surface area contributed by atoms with Crippen molar-refractivity contribution < 1.29 is 9.59 Å². The highest BCUT2D eigenvalue weighted by Crippen LogP contribution is 2.20. The summed E-state index contributed by atoms with van der Waals surface area (Å²) in [6.07, 6.45) is 3.09. The summed E-state index contributed by atoms with van der Waals surface area (Å²) in [4.78, 5) is 28.5. The lowest BCUT2D eigenvalue weighted by Crippen LogP contribution is -2.48. The average molecular weight is 384 g/mol. The van der Waals surface area contributed by atoms with E-state index in [0.717, 1.165) is 22.9 Å². The number of rotatable bonds is 7. The van der Waals surface area contributed by atoms with Gasteiger partial charge >= 0.3 is 0 Å². The standard InChI is InChI=1S/C21H22ClN3O2/c1-2-11-23-21(27)19(25-20(26)16-8-3-5-9-17(16)22)12-14-13-24-18-10-6-4-7-15(14)18/h3-10,13,19,24H,2,11-12H2,1H3,(H,23,27)(H,25,26)/t19-/m1/s1. The predicted molar refractivity (Wildman–Crippen MR) is 108 cm³/mol. The van der Waals surface area contributed by atoms with E-state index >= 15 is 0 Å². The van der Waals surface area contributed by atoms with Crippen molar-refractivity contribution in [3.8, 4) is 0 Å². The van der Waals surface area contributed by atoms with Crippen LogP contribution in [0.1, 0.15) is 29.3 Å².